The molecule has 3 aromatic rings. The number of hydrogen-bond acceptors (Lipinski definition) is 5. The number of ether oxygens (including phenoxy) is 1. The zero-order valence-corrected chi connectivity index (χ0v) is 16.3. The first-order valence-corrected chi connectivity index (χ1v) is 9.14. The number of aromatic nitrogens is 3. The Morgan fingerprint density at radius 2 is 1.92 bits per heavy atom. The molecule has 3 rings (SSSR count). The van der Waals surface area contributed by atoms with E-state index in [1.54, 1.807) is 11.8 Å². The monoisotopic (exact) mass is 370 g/mol. The molecule has 0 bridgehead atoms. The Hall–Kier alpha value is -2.67. The van der Waals surface area contributed by atoms with Crippen molar-refractivity contribution in [2.45, 2.75) is 27.7 Å². The van der Waals surface area contributed by atoms with Gasteiger partial charge in [0.2, 0.25) is 11.0 Å². The zero-order chi connectivity index (χ0) is 18.9. The van der Waals surface area contributed by atoms with Crippen LogP contribution in [0.2, 0.25) is 0 Å². The fourth-order valence-electron chi connectivity index (χ4n) is 2.29. The van der Waals surface area contributed by atoms with Crippen molar-refractivity contribution in [3.05, 3.63) is 41.4 Å². The molecule has 0 aliphatic rings. The number of nitrogens with zero attached hydrogens (tertiary/aromatic N) is 3. The first-order chi connectivity index (χ1) is 12.3. The molecule has 136 valence electrons. The molecule has 0 saturated carbocycles. The summed E-state index contributed by atoms with van der Waals surface area (Å²) in [6.45, 7) is 7.52. The van der Waals surface area contributed by atoms with Gasteiger partial charge < -0.3 is 10.1 Å². The maximum Gasteiger partial charge on any atom is 0.230 e. The number of carbonyl (C=O) groups is 1. The van der Waals surface area contributed by atoms with Crippen LogP contribution in [0.3, 0.4) is 0 Å². The van der Waals surface area contributed by atoms with Gasteiger partial charge in [-0.2, -0.15) is 9.78 Å². The molecule has 0 saturated heterocycles. The Labute approximate surface area is 156 Å². The smallest absolute Gasteiger partial charge is 0.230 e. The molecule has 0 atom stereocenters. The summed E-state index contributed by atoms with van der Waals surface area (Å²) in [4.78, 5) is 17.0. The molecule has 2 aromatic heterocycles. The van der Waals surface area contributed by atoms with E-state index in [-0.39, 0.29) is 5.91 Å². The van der Waals surface area contributed by atoms with Crippen LogP contribution in [0.1, 0.15) is 26.5 Å². The highest BCUT2D eigenvalue weighted by Gasteiger charge is 2.23. The normalized spacial score (nSPS) is 11.4. The zero-order valence-electron chi connectivity index (χ0n) is 15.5. The lowest BCUT2D eigenvalue weighted by Gasteiger charge is -2.17. The Bertz CT molecular complexity index is 920. The SMILES string of the molecule is COc1ccc(-c2csc(-n3nc(C)cc3NC(=O)C(C)(C)C)n2)cc1. The topological polar surface area (TPSA) is 69.0 Å². The number of rotatable bonds is 4. The standard InChI is InChI=1S/C19H22N4O2S/c1-12-10-16(21-17(24)19(2,3)4)23(22-12)18-20-15(11-26-18)13-6-8-14(25-5)9-7-13/h6-11H,1-5H3,(H,21,24). The average Bonchev–Trinajstić information content (AvgIpc) is 3.21. The minimum atomic E-state index is -0.486. The Morgan fingerprint density at radius 1 is 1.23 bits per heavy atom. The van der Waals surface area contributed by atoms with Gasteiger partial charge in [0, 0.05) is 22.4 Å². The van der Waals surface area contributed by atoms with Crippen LogP contribution in [0, 0.1) is 12.3 Å². The fraction of sp³-hybridized carbons (Fsp3) is 0.316. The van der Waals surface area contributed by atoms with E-state index in [2.05, 4.69) is 15.4 Å². The van der Waals surface area contributed by atoms with E-state index in [0.29, 0.717) is 10.9 Å². The highest BCUT2D eigenvalue weighted by atomic mass is 32.1. The summed E-state index contributed by atoms with van der Waals surface area (Å²) < 4.78 is 6.87. The molecular weight excluding hydrogens is 348 g/mol. The van der Waals surface area contributed by atoms with Gasteiger partial charge in [0.15, 0.2) is 0 Å². The minimum absolute atomic E-state index is 0.0643. The second-order valence-corrected chi connectivity index (χ2v) is 7.87. The van der Waals surface area contributed by atoms with Gasteiger partial charge in [-0.3, -0.25) is 4.79 Å². The third-order valence-corrected chi connectivity index (χ3v) is 4.63. The quantitative estimate of drug-likeness (QED) is 0.743. The van der Waals surface area contributed by atoms with Crippen molar-refractivity contribution < 1.29 is 9.53 Å². The highest BCUT2D eigenvalue weighted by Crippen LogP contribution is 2.28. The molecule has 0 spiro atoms. The maximum absolute atomic E-state index is 12.3. The van der Waals surface area contributed by atoms with E-state index in [1.165, 1.54) is 11.3 Å². The van der Waals surface area contributed by atoms with E-state index in [9.17, 15) is 4.79 Å². The second-order valence-electron chi connectivity index (χ2n) is 7.03. The lowest BCUT2D eigenvalue weighted by atomic mass is 9.96. The van der Waals surface area contributed by atoms with E-state index >= 15 is 0 Å². The van der Waals surface area contributed by atoms with Gasteiger partial charge in [0.05, 0.1) is 18.5 Å². The van der Waals surface area contributed by atoms with Gasteiger partial charge in [-0.05, 0) is 31.2 Å². The summed E-state index contributed by atoms with van der Waals surface area (Å²) in [5.74, 6) is 1.36. The van der Waals surface area contributed by atoms with E-state index in [0.717, 1.165) is 22.7 Å². The van der Waals surface area contributed by atoms with Gasteiger partial charge in [-0.15, -0.1) is 11.3 Å². The largest absolute Gasteiger partial charge is 0.497 e. The van der Waals surface area contributed by atoms with Gasteiger partial charge >= 0.3 is 0 Å². The van der Waals surface area contributed by atoms with Crippen molar-refractivity contribution in [3.8, 4) is 22.1 Å². The summed E-state index contributed by atoms with van der Waals surface area (Å²) in [6, 6.07) is 9.59. The van der Waals surface area contributed by atoms with Crippen molar-refractivity contribution in [1.29, 1.82) is 0 Å². The number of benzene rings is 1. The Balaban J connectivity index is 1.90. The summed E-state index contributed by atoms with van der Waals surface area (Å²) in [6.07, 6.45) is 0. The van der Waals surface area contributed by atoms with Crippen molar-refractivity contribution in [3.63, 3.8) is 0 Å². The van der Waals surface area contributed by atoms with E-state index in [1.807, 2.05) is 63.4 Å². The predicted molar refractivity (Wildman–Crippen MR) is 104 cm³/mol. The summed E-state index contributed by atoms with van der Waals surface area (Å²) in [5, 5.41) is 10.1. The molecule has 6 nitrogen and oxygen atoms in total. The molecule has 1 N–H and O–H groups in total. The predicted octanol–water partition coefficient (Wildman–Crippen LogP) is 4.30. The molecule has 1 aromatic carbocycles. The van der Waals surface area contributed by atoms with Crippen molar-refractivity contribution in [2.75, 3.05) is 12.4 Å². The molecule has 0 aliphatic heterocycles. The molecule has 2 heterocycles. The number of nitrogens with one attached hydrogen (secondary N) is 1. The van der Waals surface area contributed by atoms with Crippen LogP contribution < -0.4 is 10.1 Å². The molecular formula is C19H22N4O2S. The van der Waals surface area contributed by atoms with Crippen LogP contribution >= 0.6 is 11.3 Å². The van der Waals surface area contributed by atoms with E-state index in [4.69, 9.17) is 4.74 Å². The number of hydrogen-bond donors (Lipinski definition) is 1. The third-order valence-electron chi connectivity index (χ3n) is 3.81. The number of carbonyl (C=O) groups excluding carboxylic acids is 1. The van der Waals surface area contributed by atoms with Gasteiger partial charge in [0.1, 0.15) is 11.6 Å². The van der Waals surface area contributed by atoms with Crippen LogP contribution in [0.5, 0.6) is 5.75 Å². The molecule has 0 radical (unpaired) electrons. The molecule has 1 amide bonds. The number of amides is 1. The van der Waals surface area contributed by atoms with Crippen molar-refractivity contribution in [1.82, 2.24) is 14.8 Å². The van der Waals surface area contributed by atoms with Gasteiger partial charge in [-0.1, -0.05) is 20.8 Å². The number of anilines is 1. The number of thiazole rings is 1. The van der Waals surface area contributed by atoms with Crippen LogP contribution in [0.25, 0.3) is 16.4 Å². The van der Waals surface area contributed by atoms with Crippen LogP contribution in [-0.4, -0.2) is 27.8 Å². The fourth-order valence-corrected chi connectivity index (χ4v) is 3.09. The van der Waals surface area contributed by atoms with Crippen molar-refractivity contribution in [2.24, 2.45) is 5.41 Å². The highest BCUT2D eigenvalue weighted by molar-refractivity contribution is 7.12. The molecule has 0 fully saturated rings. The second kappa shape index (κ2) is 6.92. The molecule has 0 unspecified atom stereocenters. The average molecular weight is 370 g/mol. The number of aryl methyl sites for hydroxylation is 1. The third kappa shape index (κ3) is 3.77. The van der Waals surface area contributed by atoms with Crippen molar-refractivity contribution >= 4 is 23.1 Å². The maximum atomic E-state index is 12.3. The first-order valence-electron chi connectivity index (χ1n) is 8.26. The van der Waals surface area contributed by atoms with E-state index < -0.39 is 5.41 Å². The lowest BCUT2D eigenvalue weighted by Crippen LogP contribution is -2.28. The van der Waals surface area contributed by atoms with Crippen LogP contribution in [0.4, 0.5) is 5.82 Å². The molecule has 7 heteroatoms. The number of methoxy groups -OCH3 is 1. The molecule has 0 aliphatic carbocycles. The molecule has 26 heavy (non-hydrogen) atoms. The minimum Gasteiger partial charge on any atom is -0.497 e. The van der Waals surface area contributed by atoms with Crippen LogP contribution in [0.15, 0.2) is 35.7 Å². The Morgan fingerprint density at radius 3 is 2.54 bits per heavy atom. The van der Waals surface area contributed by atoms with Gasteiger partial charge in [0.25, 0.3) is 0 Å². The van der Waals surface area contributed by atoms with Crippen LogP contribution in [-0.2, 0) is 4.79 Å². The van der Waals surface area contributed by atoms with Gasteiger partial charge in [-0.25, -0.2) is 4.98 Å². The lowest BCUT2D eigenvalue weighted by molar-refractivity contribution is -0.123. The summed E-state index contributed by atoms with van der Waals surface area (Å²) in [5.41, 5.74) is 2.18. The Kier molecular flexibility index (Phi) is 4.82. The summed E-state index contributed by atoms with van der Waals surface area (Å²) in [7, 11) is 1.64. The first kappa shape index (κ1) is 18.1. The summed E-state index contributed by atoms with van der Waals surface area (Å²) >= 11 is 1.48.